The van der Waals surface area contributed by atoms with Crippen molar-refractivity contribution in [1.82, 2.24) is 0 Å². The SMILES string of the molecule is C[N+](C)(C)CCOC(N)=O.P.[Cl-]. The smallest absolute Gasteiger partial charge is 0.404 e. The molecule has 0 heterocycles. The minimum absolute atomic E-state index is 0. The Morgan fingerprint density at radius 1 is 1.42 bits per heavy atom. The van der Waals surface area contributed by atoms with Crippen LogP contribution in [0.2, 0.25) is 0 Å². The van der Waals surface area contributed by atoms with Crippen LogP contribution < -0.4 is 18.1 Å². The summed E-state index contributed by atoms with van der Waals surface area (Å²) in [5.74, 6) is 0. The van der Waals surface area contributed by atoms with Gasteiger partial charge >= 0.3 is 6.09 Å². The molecule has 0 aliphatic heterocycles. The van der Waals surface area contributed by atoms with E-state index in [4.69, 9.17) is 5.73 Å². The van der Waals surface area contributed by atoms with E-state index in [0.29, 0.717) is 6.61 Å². The highest BCUT2D eigenvalue weighted by molar-refractivity contribution is 6.92. The Morgan fingerprint density at radius 3 is 2.08 bits per heavy atom. The van der Waals surface area contributed by atoms with E-state index in [1.807, 2.05) is 21.1 Å². The number of hydrogen-bond acceptors (Lipinski definition) is 2. The summed E-state index contributed by atoms with van der Waals surface area (Å²) in [6, 6.07) is 0. The van der Waals surface area contributed by atoms with Gasteiger partial charge in [-0.25, -0.2) is 4.79 Å². The van der Waals surface area contributed by atoms with Crippen molar-refractivity contribution in [2.75, 3.05) is 34.3 Å². The van der Waals surface area contributed by atoms with E-state index < -0.39 is 6.09 Å². The number of likely N-dealkylation sites (N-methyl/N-ethyl adjacent to an activating group) is 1. The number of rotatable bonds is 3. The van der Waals surface area contributed by atoms with Gasteiger partial charge in [0.1, 0.15) is 13.2 Å². The average Bonchev–Trinajstić information content (AvgIpc) is 1.59. The normalized spacial score (nSPS) is 9.25. The Morgan fingerprint density at radius 2 is 1.83 bits per heavy atom. The fourth-order valence-electron chi connectivity index (χ4n) is 0.420. The lowest BCUT2D eigenvalue weighted by Gasteiger charge is -2.22. The first-order valence-electron chi connectivity index (χ1n) is 3.14. The van der Waals surface area contributed by atoms with E-state index in [2.05, 4.69) is 4.74 Å². The Balaban J connectivity index is -0.000000405. The van der Waals surface area contributed by atoms with Gasteiger partial charge in [0, 0.05) is 0 Å². The first-order valence-corrected chi connectivity index (χ1v) is 3.14. The molecule has 0 bridgehead atoms. The molecule has 1 atom stereocenters. The van der Waals surface area contributed by atoms with Gasteiger partial charge < -0.3 is 27.4 Å². The van der Waals surface area contributed by atoms with E-state index >= 15 is 0 Å². The zero-order chi connectivity index (χ0) is 8.20. The molecule has 76 valence electrons. The minimum Gasteiger partial charge on any atom is -1.00 e. The van der Waals surface area contributed by atoms with Gasteiger partial charge in [-0.3, -0.25) is 0 Å². The second-order valence-corrected chi connectivity index (χ2v) is 3.18. The molecule has 0 aromatic heterocycles. The highest BCUT2D eigenvalue weighted by atomic mass is 35.5. The Hall–Kier alpha value is -0.0500. The van der Waals surface area contributed by atoms with Crippen LogP contribution in [-0.4, -0.2) is 44.9 Å². The van der Waals surface area contributed by atoms with Crippen molar-refractivity contribution in [2.45, 2.75) is 0 Å². The minimum atomic E-state index is -0.701. The maximum Gasteiger partial charge on any atom is 0.404 e. The van der Waals surface area contributed by atoms with Crippen LogP contribution in [0.4, 0.5) is 4.79 Å². The van der Waals surface area contributed by atoms with Gasteiger partial charge in [-0.15, -0.1) is 0 Å². The number of hydrogen-bond donors (Lipinski definition) is 1. The molecule has 0 rings (SSSR count). The van der Waals surface area contributed by atoms with E-state index in [1.165, 1.54) is 0 Å². The zero-order valence-corrected chi connectivity index (χ0v) is 10.0. The number of ether oxygens (including phenoxy) is 1. The van der Waals surface area contributed by atoms with Crippen LogP contribution in [0.25, 0.3) is 0 Å². The van der Waals surface area contributed by atoms with Crippen molar-refractivity contribution in [3.05, 3.63) is 0 Å². The summed E-state index contributed by atoms with van der Waals surface area (Å²) in [4.78, 5) is 10.1. The molecule has 0 saturated carbocycles. The number of carbonyl (C=O) groups excluding carboxylic acids is 1. The molecule has 4 nitrogen and oxygen atoms in total. The van der Waals surface area contributed by atoms with Gasteiger partial charge in [0.15, 0.2) is 0 Å². The van der Waals surface area contributed by atoms with Crippen molar-refractivity contribution < 1.29 is 26.4 Å². The molecule has 0 aliphatic carbocycles. The van der Waals surface area contributed by atoms with Gasteiger partial charge in [0.2, 0.25) is 0 Å². The number of halogens is 1. The molecule has 1 unspecified atom stereocenters. The lowest BCUT2D eigenvalue weighted by Crippen LogP contribution is -3.00. The van der Waals surface area contributed by atoms with Crippen LogP contribution in [0.5, 0.6) is 0 Å². The number of nitrogens with zero attached hydrogens (tertiary/aromatic N) is 1. The summed E-state index contributed by atoms with van der Waals surface area (Å²) in [6.45, 7) is 1.17. The molecule has 0 aliphatic rings. The van der Waals surface area contributed by atoms with Crippen LogP contribution in [-0.2, 0) is 4.74 Å². The molecule has 2 N–H and O–H groups in total. The third-order valence-electron chi connectivity index (χ3n) is 1.01. The highest BCUT2D eigenvalue weighted by Gasteiger charge is 2.06. The van der Waals surface area contributed by atoms with Crippen LogP contribution in [0, 0.1) is 0 Å². The molecule has 6 heteroatoms. The topological polar surface area (TPSA) is 52.3 Å². The van der Waals surface area contributed by atoms with E-state index in [0.717, 1.165) is 11.0 Å². The monoisotopic (exact) mass is 216 g/mol. The second kappa shape index (κ2) is 7.59. The van der Waals surface area contributed by atoms with Crippen molar-refractivity contribution in [2.24, 2.45) is 5.73 Å². The van der Waals surface area contributed by atoms with Gasteiger partial charge in [0.05, 0.1) is 21.1 Å². The number of carbonyl (C=O) groups is 1. The lowest BCUT2D eigenvalue weighted by molar-refractivity contribution is -0.870. The first-order chi connectivity index (χ1) is 4.42. The molecular formula is C6H18ClN2O2P. The fourth-order valence-corrected chi connectivity index (χ4v) is 0.420. The molecule has 0 fully saturated rings. The lowest BCUT2D eigenvalue weighted by atomic mass is 10.5. The van der Waals surface area contributed by atoms with Crippen LogP contribution in [0.3, 0.4) is 0 Å². The van der Waals surface area contributed by atoms with Crippen LogP contribution in [0.15, 0.2) is 0 Å². The summed E-state index contributed by atoms with van der Waals surface area (Å²) < 4.78 is 5.31. The quantitative estimate of drug-likeness (QED) is 0.400. The third kappa shape index (κ3) is 16.5. The van der Waals surface area contributed by atoms with Crippen LogP contribution in [0.1, 0.15) is 0 Å². The Labute approximate surface area is 83.1 Å². The number of nitrogens with two attached hydrogens (primary N) is 1. The van der Waals surface area contributed by atoms with Crippen molar-refractivity contribution >= 4 is 16.0 Å². The fraction of sp³-hybridized carbons (Fsp3) is 0.833. The first kappa shape index (κ1) is 17.9. The summed E-state index contributed by atoms with van der Waals surface area (Å²) in [5, 5.41) is 0. The molecular weight excluding hydrogens is 199 g/mol. The molecule has 1 amide bonds. The van der Waals surface area contributed by atoms with Gasteiger partial charge in [-0.1, -0.05) is 0 Å². The Kier molecular flexibility index (Phi) is 11.3. The number of amides is 1. The largest absolute Gasteiger partial charge is 1.00 e. The molecule has 0 aromatic rings. The molecule has 0 aromatic carbocycles. The van der Waals surface area contributed by atoms with Gasteiger partial charge in [-0.2, -0.15) is 9.90 Å². The maximum atomic E-state index is 10.1. The predicted octanol–water partition coefficient (Wildman–Crippen LogP) is -3.15. The van der Waals surface area contributed by atoms with Crippen LogP contribution >= 0.6 is 9.90 Å². The molecule has 12 heavy (non-hydrogen) atoms. The number of primary amides is 1. The summed E-state index contributed by atoms with van der Waals surface area (Å²) in [7, 11) is 6.05. The second-order valence-electron chi connectivity index (χ2n) is 3.18. The maximum absolute atomic E-state index is 10.1. The van der Waals surface area contributed by atoms with Crippen molar-refractivity contribution in [3.8, 4) is 0 Å². The van der Waals surface area contributed by atoms with Gasteiger partial charge in [-0.05, 0) is 0 Å². The molecule has 0 saturated heterocycles. The summed E-state index contributed by atoms with van der Waals surface area (Å²) in [5.41, 5.74) is 4.75. The average molecular weight is 217 g/mol. The highest BCUT2D eigenvalue weighted by Crippen LogP contribution is 1.88. The standard InChI is InChI=1S/C6H14N2O2.ClH.H3P/c1-8(2,3)4-5-10-6(7)9;;/h4-5H2,1-3H3,(H-,7,9);1H;1H3. The number of quaternary nitrogens is 1. The molecule has 0 spiro atoms. The van der Waals surface area contributed by atoms with Gasteiger partial charge in [0.25, 0.3) is 0 Å². The predicted molar refractivity (Wildman–Crippen MR) is 49.5 cm³/mol. The molecule has 0 radical (unpaired) electrons. The van der Waals surface area contributed by atoms with Crippen molar-refractivity contribution in [1.29, 1.82) is 0 Å². The van der Waals surface area contributed by atoms with E-state index in [9.17, 15) is 4.79 Å². The third-order valence-corrected chi connectivity index (χ3v) is 1.01. The summed E-state index contributed by atoms with van der Waals surface area (Å²) >= 11 is 0. The zero-order valence-electron chi connectivity index (χ0n) is 7.84. The summed E-state index contributed by atoms with van der Waals surface area (Å²) in [6.07, 6.45) is -0.701. The van der Waals surface area contributed by atoms with E-state index in [1.54, 1.807) is 0 Å². The van der Waals surface area contributed by atoms with E-state index in [-0.39, 0.29) is 22.3 Å². The Bertz CT molecular complexity index is 127. The van der Waals surface area contributed by atoms with Crippen molar-refractivity contribution in [3.63, 3.8) is 0 Å².